The second-order valence-electron chi connectivity index (χ2n) is 3.73. The first kappa shape index (κ1) is 14.9. The fourth-order valence-electron chi connectivity index (χ4n) is 1.40. The van der Waals surface area contributed by atoms with Crippen molar-refractivity contribution in [3.8, 4) is 0 Å². The lowest BCUT2D eigenvalue weighted by Crippen LogP contribution is -2.30. The maximum atomic E-state index is 11.6. The molecule has 0 fully saturated rings. The number of methoxy groups -OCH3 is 1. The molecule has 0 aliphatic carbocycles. The minimum absolute atomic E-state index is 0.102. The number of hydrogen-bond donors (Lipinski definition) is 3. The molecule has 7 nitrogen and oxygen atoms in total. The molecular formula is C12H17N3O4. The van der Waals surface area contributed by atoms with Crippen molar-refractivity contribution in [2.75, 3.05) is 25.5 Å². The third-order valence-electron chi connectivity index (χ3n) is 2.38. The van der Waals surface area contributed by atoms with Crippen LogP contribution in [0.25, 0.3) is 0 Å². The second-order valence-corrected chi connectivity index (χ2v) is 3.73. The number of pyridine rings is 1. The first-order chi connectivity index (χ1) is 9.08. The van der Waals surface area contributed by atoms with Crippen molar-refractivity contribution in [2.45, 2.75) is 13.0 Å². The molecule has 104 valence electrons. The molecule has 0 bridgehead atoms. The number of carboxylic acids is 1. The van der Waals surface area contributed by atoms with Crippen LogP contribution in [0.5, 0.6) is 0 Å². The predicted octanol–water partition coefficient (Wildman–Crippen LogP) is 0.343. The summed E-state index contributed by atoms with van der Waals surface area (Å²) in [6, 6.07) is 3.21. The average molecular weight is 267 g/mol. The quantitative estimate of drug-likeness (QED) is 0.658. The minimum Gasteiger partial charge on any atom is -0.479 e. The highest BCUT2D eigenvalue weighted by Crippen LogP contribution is 2.08. The van der Waals surface area contributed by atoms with Gasteiger partial charge in [-0.3, -0.25) is 9.78 Å². The molecule has 0 spiro atoms. The Morgan fingerprint density at radius 2 is 2.26 bits per heavy atom. The number of anilines is 1. The van der Waals surface area contributed by atoms with E-state index in [-0.39, 0.29) is 18.1 Å². The number of carbonyl (C=O) groups is 2. The molecule has 1 rings (SSSR count). The number of ether oxygens (including phenoxy) is 1. The maximum absolute atomic E-state index is 11.6. The number of nitrogens with one attached hydrogen (secondary N) is 2. The van der Waals surface area contributed by atoms with Crippen molar-refractivity contribution in [1.29, 1.82) is 0 Å². The van der Waals surface area contributed by atoms with Gasteiger partial charge in [-0.05, 0) is 19.1 Å². The molecule has 1 heterocycles. The Hall–Kier alpha value is -2.15. The summed E-state index contributed by atoms with van der Waals surface area (Å²) >= 11 is 0. The van der Waals surface area contributed by atoms with Crippen molar-refractivity contribution in [3.63, 3.8) is 0 Å². The van der Waals surface area contributed by atoms with Gasteiger partial charge in [-0.25, -0.2) is 4.79 Å². The van der Waals surface area contributed by atoms with Gasteiger partial charge in [0.25, 0.3) is 5.91 Å². The third kappa shape index (κ3) is 4.55. The monoisotopic (exact) mass is 267 g/mol. The smallest absolute Gasteiger partial charge is 0.334 e. The van der Waals surface area contributed by atoms with Crippen LogP contribution in [0.4, 0.5) is 5.69 Å². The first-order valence-corrected chi connectivity index (χ1v) is 5.82. The molecule has 3 N–H and O–H groups in total. The summed E-state index contributed by atoms with van der Waals surface area (Å²) in [6.45, 7) is 2.43. The number of carboxylic acid groups (broad SMARTS) is 1. The van der Waals surface area contributed by atoms with E-state index in [1.807, 2.05) is 6.92 Å². The van der Waals surface area contributed by atoms with Gasteiger partial charge < -0.3 is 20.5 Å². The van der Waals surface area contributed by atoms with Crippen LogP contribution in [0.15, 0.2) is 18.3 Å². The predicted molar refractivity (Wildman–Crippen MR) is 69.2 cm³/mol. The van der Waals surface area contributed by atoms with E-state index < -0.39 is 12.1 Å². The highest BCUT2D eigenvalue weighted by molar-refractivity contribution is 5.93. The molecule has 1 aromatic rings. The van der Waals surface area contributed by atoms with Crippen molar-refractivity contribution in [3.05, 3.63) is 24.0 Å². The van der Waals surface area contributed by atoms with Crippen LogP contribution in [0.1, 0.15) is 17.4 Å². The number of carbonyl (C=O) groups excluding carboxylic acids is 1. The number of amides is 1. The molecule has 0 aliphatic rings. The molecule has 0 aliphatic heterocycles. The van der Waals surface area contributed by atoms with E-state index in [1.165, 1.54) is 13.3 Å². The SMILES string of the molecule is CCNC(=O)c1cc(NCC(OC)C(=O)O)ccn1. The van der Waals surface area contributed by atoms with E-state index >= 15 is 0 Å². The number of rotatable bonds is 7. The van der Waals surface area contributed by atoms with Gasteiger partial charge in [0.05, 0.1) is 6.54 Å². The van der Waals surface area contributed by atoms with E-state index in [9.17, 15) is 9.59 Å². The lowest BCUT2D eigenvalue weighted by atomic mass is 10.3. The highest BCUT2D eigenvalue weighted by Gasteiger charge is 2.16. The number of nitrogens with zero attached hydrogens (tertiary/aromatic N) is 1. The lowest BCUT2D eigenvalue weighted by molar-refractivity contribution is -0.147. The van der Waals surface area contributed by atoms with Crippen LogP contribution in [0, 0.1) is 0 Å². The van der Waals surface area contributed by atoms with Gasteiger partial charge in [0.1, 0.15) is 5.69 Å². The van der Waals surface area contributed by atoms with Gasteiger partial charge >= 0.3 is 5.97 Å². The number of aliphatic carboxylic acids is 1. The summed E-state index contributed by atoms with van der Waals surface area (Å²) in [4.78, 5) is 26.3. The van der Waals surface area contributed by atoms with Crippen LogP contribution in [0.3, 0.4) is 0 Å². The fraction of sp³-hybridized carbons (Fsp3) is 0.417. The van der Waals surface area contributed by atoms with E-state index in [0.29, 0.717) is 12.2 Å². The summed E-state index contributed by atoms with van der Waals surface area (Å²) < 4.78 is 4.79. The summed E-state index contributed by atoms with van der Waals surface area (Å²) in [6.07, 6.45) is 0.538. The largest absolute Gasteiger partial charge is 0.479 e. The Kier molecular flexibility index (Phi) is 5.74. The Bertz CT molecular complexity index is 450. The molecule has 0 saturated carbocycles. The second kappa shape index (κ2) is 7.32. The normalized spacial score (nSPS) is 11.7. The highest BCUT2D eigenvalue weighted by atomic mass is 16.5. The van der Waals surface area contributed by atoms with Crippen LogP contribution in [-0.2, 0) is 9.53 Å². The van der Waals surface area contributed by atoms with Gasteiger partial charge in [0.15, 0.2) is 6.10 Å². The Morgan fingerprint density at radius 3 is 2.84 bits per heavy atom. The van der Waals surface area contributed by atoms with E-state index in [0.717, 1.165) is 0 Å². The van der Waals surface area contributed by atoms with Crippen LogP contribution >= 0.6 is 0 Å². The minimum atomic E-state index is -1.05. The molecule has 0 aromatic carbocycles. The molecule has 1 aromatic heterocycles. The van der Waals surface area contributed by atoms with E-state index in [4.69, 9.17) is 9.84 Å². The molecule has 7 heteroatoms. The summed E-state index contributed by atoms with van der Waals surface area (Å²) in [5.74, 6) is -1.32. The van der Waals surface area contributed by atoms with Crippen LogP contribution < -0.4 is 10.6 Å². The number of hydrogen-bond acceptors (Lipinski definition) is 5. The van der Waals surface area contributed by atoms with Gasteiger partial charge in [-0.15, -0.1) is 0 Å². The van der Waals surface area contributed by atoms with Crippen LogP contribution in [0.2, 0.25) is 0 Å². The molecule has 1 unspecified atom stereocenters. The summed E-state index contributed by atoms with van der Waals surface area (Å²) in [7, 11) is 1.33. The van der Waals surface area contributed by atoms with Gasteiger partial charge in [0, 0.05) is 25.5 Å². The topological polar surface area (TPSA) is 101 Å². The summed E-state index contributed by atoms with van der Waals surface area (Å²) in [5, 5.41) is 14.3. The molecule has 19 heavy (non-hydrogen) atoms. The van der Waals surface area contributed by atoms with Crippen molar-refractivity contribution >= 4 is 17.6 Å². The molecule has 1 atom stereocenters. The maximum Gasteiger partial charge on any atom is 0.334 e. The Morgan fingerprint density at radius 1 is 1.53 bits per heavy atom. The van der Waals surface area contributed by atoms with Gasteiger partial charge in [-0.2, -0.15) is 0 Å². The standard InChI is InChI=1S/C12H17N3O4/c1-3-13-11(16)9-6-8(4-5-14-9)15-7-10(19-2)12(17)18/h4-6,10H,3,7H2,1-2H3,(H,13,16)(H,14,15)(H,17,18). The molecule has 0 radical (unpaired) electrons. The van der Waals surface area contributed by atoms with Gasteiger partial charge in [0.2, 0.25) is 0 Å². The van der Waals surface area contributed by atoms with Crippen molar-refractivity contribution in [1.82, 2.24) is 10.3 Å². The van der Waals surface area contributed by atoms with Crippen LogP contribution in [-0.4, -0.2) is 48.3 Å². The Labute approximate surface area is 111 Å². The van der Waals surface area contributed by atoms with E-state index in [2.05, 4.69) is 15.6 Å². The fourth-order valence-corrected chi connectivity index (χ4v) is 1.40. The summed E-state index contributed by atoms with van der Waals surface area (Å²) in [5.41, 5.74) is 0.885. The average Bonchev–Trinajstić information content (AvgIpc) is 2.39. The lowest BCUT2D eigenvalue weighted by Gasteiger charge is -2.12. The molecular weight excluding hydrogens is 250 g/mol. The zero-order valence-electron chi connectivity index (χ0n) is 10.8. The number of aromatic nitrogens is 1. The molecule has 1 amide bonds. The van der Waals surface area contributed by atoms with Crippen molar-refractivity contribution < 1.29 is 19.4 Å². The third-order valence-corrected chi connectivity index (χ3v) is 2.38. The van der Waals surface area contributed by atoms with Crippen molar-refractivity contribution in [2.24, 2.45) is 0 Å². The van der Waals surface area contributed by atoms with E-state index in [1.54, 1.807) is 12.1 Å². The Balaban J connectivity index is 2.67. The molecule has 0 saturated heterocycles. The van der Waals surface area contributed by atoms with Gasteiger partial charge in [-0.1, -0.05) is 0 Å². The first-order valence-electron chi connectivity index (χ1n) is 5.82. The zero-order chi connectivity index (χ0) is 14.3. The zero-order valence-corrected chi connectivity index (χ0v) is 10.8.